The zero-order chi connectivity index (χ0) is 25.4. The molecule has 0 amide bonds. The van der Waals surface area contributed by atoms with Gasteiger partial charge in [0.15, 0.2) is 0 Å². The van der Waals surface area contributed by atoms with Gasteiger partial charge in [0.25, 0.3) is 5.69 Å². The third-order valence-electron chi connectivity index (χ3n) is 6.36. The summed E-state index contributed by atoms with van der Waals surface area (Å²) in [5.74, 6) is -0.280. The van der Waals surface area contributed by atoms with Gasteiger partial charge in [0.2, 0.25) is 0 Å². The van der Waals surface area contributed by atoms with E-state index in [2.05, 4.69) is 10.6 Å². The maximum atomic E-state index is 14.4. The maximum absolute atomic E-state index is 14.4. The minimum absolute atomic E-state index is 0.0178. The predicted molar refractivity (Wildman–Crippen MR) is 133 cm³/mol. The molecule has 1 aromatic rings. The zero-order valence-electron chi connectivity index (χ0n) is 20.9. The van der Waals surface area contributed by atoms with Crippen molar-refractivity contribution >= 4 is 13.3 Å². The van der Waals surface area contributed by atoms with Crippen molar-refractivity contribution in [3.63, 3.8) is 0 Å². The summed E-state index contributed by atoms with van der Waals surface area (Å²) < 4.78 is 36.5. The maximum Gasteiger partial charge on any atom is 0.360 e. The van der Waals surface area contributed by atoms with Crippen LogP contribution in [-0.2, 0) is 23.1 Å². The van der Waals surface area contributed by atoms with Gasteiger partial charge in [-0.05, 0) is 56.8 Å². The quantitative estimate of drug-likeness (QED) is 0.184. The number of nitrogens with zero attached hydrogens (tertiary/aromatic N) is 1. The van der Waals surface area contributed by atoms with E-state index in [1.807, 2.05) is 19.9 Å². The van der Waals surface area contributed by atoms with Crippen LogP contribution in [0.5, 0.6) is 0 Å². The van der Waals surface area contributed by atoms with Crippen LogP contribution in [0.1, 0.15) is 38.2 Å². The molecular weight excluding hydrogens is 473 g/mol. The largest absolute Gasteiger partial charge is 0.382 e. The topological polar surface area (TPSA) is 121 Å². The zero-order valence-corrected chi connectivity index (χ0v) is 21.8. The molecule has 10 nitrogen and oxygen atoms in total. The molecule has 3 rings (SSSR count). The minimum Gasteiger partial charge on any atom is -0.382 e. The third kappa shape index (κ3) is 6.58. The van der Waals surface area contributed by atoms with Gasteiger partial charge in [-0.3, -0.25) is 14.7 Å². The third-order valence-corrected chi connectivity index (χ3v) is 8.59. The second-order valence-electron chi connectivity index (χ2n) is 8.67. The standard InChI is InChI=1S/C24H36N3O7P/c1-17-22(19-8-10-25-11-9-19)23(20-6-5-7-21(16-20)27(28)29)24(18(2)26-17)35(30,33-14-12-31-3)34-15-13-32-4/h5-7,16,19,23,25-26H,8-15H2,1-4H3. The summed E-state index contributed by atoms with van der Waals surface area (Å²) in [7, 11) is -0.765. The number of nitro benzene ring substituents is 1. The number of hydrogen-bond donors (Lipinski definition) is 2. The second-order valence-corrected chi connectivity index (χ2v) is 10.7. The number of non-ortho nitro benzene ring substituents is 1. The molecule has 2 N–H and O–H groups in total. The summed E-state index contributed by atoms with van der Waals surface area (Å²) in [4.78, 5) is 11.2. The first-order valence-corrected chi connectivity index (χ1v) is 13.4. The lowest BCUT2D eigenvalue weighted by Gasteiger charge is -2.39. The SMILES string of the molecule is COCCOP(=O)(OCCOC)C1=C(C)NC(C)=C(C2CCNCC2)C1c1cccc([N+](=O)[O-])c1. The van der Waals surface area contributed by atoms with Crippen LogP contribution in [0.15, 0.2) is 46.5 Å². The van der Waals surface area contributed by atoms with Gasteiger partial charge in [0.05, 0.1) is 36.7 Å². The van der Waals surface area contributed by atoms with Gasteiger partial charge in [-0.2, -0.15) is 0 Å². The number of nitrogens with one attached hydrogen (secondary N) is 2. The van der Waals surface area contributed by atoms with Gasteiger partial charge < -0.3 is 29.2 Å². The van der Waals surface area contributed by atoms with Crippen molar-refractivity contribution in [2.45, 2.75) is 32.6 Å². The van der Waals surface area contributed by atoms with Crippen molar-refractivity contribution in [1.29, 1.82) is 0 Å². The van der Waals surface area contributed by atoms with Crippen LogP contribution >= 0.6 is 7.60 Å². The number of nitro groups is 1. The molecule has 0 aliphatic carbocycles. The monoisotopic (exact) mass is 509 g/mol. The Balaban J connectivity index is 2.16. The van der Waals surface area contributed by atoms with Gasteiger partial charge in [-0.15, -0.1) is 0 Å². The van der Waals surface area contributed by atoms with E-state index in [-0.39, 0.29) is 38.0 Å². The summed E-state index contributed by atoms with van der Waals surface area (Å²) in [6.45, 7) is 6.22. The highest BCUT2D eigenvalue weighted by molar-refractivity contribution is 7.58. The Bertz CT molecular complexity index is 991. The molecule has 0 aromatic heterocycles. The Morgan fingerprint density at radius 2 is 1.66 bits per heavy atom. The molecule has 0 saturated carbocycles. The summed E-state index contributed by atoms with van der Waals surface area (Å²) in [5, 5.41) is 18.9. The summed E-state index contributed by atoms with van der Waals surface area (Å²) in [6.07, 6.45) is 1.82. The van der Waals surface area contributed by atoms with E-state index < -0.39 is 18.4 Å². The Hall–Kier alpha value is -2.07. The van der Waals surface area contributed by atoms with Gasteiger partial charge in [-0.25, -0.2) is 0 Å². The molecule has 2 heterocycles. The lowest BCUT2D eigenvalue weighted by Crippen LogP contribution is -2.34. The van der Waals surface area contributed by atoms with Crippen LogP contribution in [-0.4, -0.2) is 58.7 Å². The van der Waals surface area contributed by atoms with E-state index in [0.717, 1.165) is 37.2 Å². The molecule has 1 atom stereocenters. The number of methoxy groups -OCH3 is 2. The van der Waals surface area contributed by atoms with E-state index in [9.17, 15) is 14.7 Å². The molecule has 2 aliphatic heterocycles. The summed E-state index contributed by atoms with van der Waals surface area (Å²) in [5.41, 5.74) is 3.37. The van der Waals surface area contributed by atoms with Gasteiger partial charge >= 0.3 is 7.60 Å². The van der Waals surface area contributed by atoms with Crippen molar-refractivity contribution in [2.75, 3.05) is 53.7 Å². The second kappa shape index (κ2) is 12.8. The van der Waals surface area contributed by atoms with Gasteiger partial charge in [0.1, 0.15) is 0 Å². The summed E-state index contributed by atoms with van der Waals surface area (Å²) >= 11 is 0. The first-order valence-electron chi connectivity index (χ1n) is 11.8. The van der Waals surface area contributed by atoms with Crippen LogP contribution in [0, 0.1) is 16.0 Å². The van der Waals surface area contributed by atoms with Gasteiger partial charge in [0, 0.05) is 43.7 Å². The fourth-order valence-corrected chi connectivity index (χ4v) is 6.90. The average molecular weight is 510 g/mol. The predicted octanol–water partition coefficient (Wildman–Crippen LogP) is 4.31. The molecule has 0 radical (unpaired) electrons. The molecule has 1 saturated heterocycles. The Kier molecular flexibility index (Phi) is 10.0. The van der Waals surface area contributed by atoms with Gasteiger partial charge in [-0.1, -0.05) is 12.1 Å². The highest BCUT2D eigenvalue weighted by atomic mass is 31.2. The molecule has 2 aliphatic rings. The van der Waals surface area contributed by atoms with Crippen LogP contribution < -0.4 is 10.6 Å². The van der Waals surface area contributed by atoms with Crippen molar-refractivity contribution in [3.8, 4) is 0 Å². The minimum atomic E-state index is -3.85. The van der Waals surface area contributed by atoms with Crippen LogP contribution in [0.3, 0.4) is 0 Å². The average Bonchev–Trinajstić information content (AvgIpc) is 2.84. The lowest BCUT2D eigenvalue weighted by atomic mass is 9.76. The normalized spacial score (nSPS) is 19.7. The molecule has 11 heteroatoms. The number of ether oxygens (including phenoxy) is 2. The Morgan fingerprint density at radius 1 is 1.03 bits per heavy atom. The first-order chi connectivity index (χ1) is 16.8. The molecule has 0 spiro atoms. The molecule has 1 unspecified atom stereocenters. The fourth-order valence-electron chi connectivity index (χ4n) is 4.85. The highest BCUT2D eigenvalue weighted by Crippen LogP contribution is 2.65. The van der Waals surface area contributed by atoms with E-state index in [1.165, 1.54) is 6.07 Å². The van der Waals surface area contributed by atoms with Crippen LogP contribution in [0.4, 0.5) is 5.69 Å². The number of hydrogen-bond acceptors (Lipinski definition) is 9. The molecule has 194 valence electrons. The number of dihydropyridines is 1. The smallest absolute Gasteiger partial charge is 0.360 e. The van der Waals surface area contributed by atoms with Crippen molar-refractivity contribution < 1.29 is 28.0 Å². The van der Waals surface area contributed by atoms with E-state index in [0.29, 0.717) is 16.6 Å². The van der Waals surface area contributed by atoms with Crippen LogP contribution in [0.2, 0.25) is 0 Å². The van der Waals surface area contributed by atoms with Crippen molar-refractivity contribution in [2.24, 2.45) is 5.92 Å². The Labute approximate surface area is 206 Å². The summed E-state index contributed by atoms with van der Waals surface area (Å²) in [6, 6.07) is 6.54. The fraction of sp³-hybridized carbons (Fsp3) is 0.583. The molecule has 1 fully saturated rings. The lowest BCUT2D eigenvalue weighted by molar-refractivity contribution is -0.384. The Morgan fingerprint density at radius 3 is 2.23 bits per heavy atom. The molecule has 1 aromatic carbocycles. The van der Waals surface area contributed by atoms with Crippen molar-refractivity contribution in [1.82, 2.24) is 10.6 Å². The van der Waals surface area contributed by atoms with E-state index in [1.54, 1.807) is 26.4 Å². The molecular formula is C24H36N3O7P. The number of benzene rings is 1. The number of rotatable bonds is 12. The van der Waals surface area contributed by atoms with Crippen LogP contribution in [0.25, 0.3) is 0 Å². The molecule has 35 heavy (non-hydrogen) atoms. The molecule has 0 bridgehead atoms. The van der Waals surface area contributed by atoms with Crippen molar-refractivity contribution in [3.05, 3.63) is 62.2 Å². The van der Waals surface area contributed by atoms with E-state index in [4.69, 9.17) is 18.5 Å². The number of allylic oxidation sites excluding steroid dienone is 4. The highest BCUT2D eigenvalue weighted by Gasteiger charge is 2.44. The van der Waals surface area contributed by atoms with E-state index >= 15 is 0 Å². The first kappa shape index (κ1) is 27.5. The number of piperidine rings is 1.